The molecule has 0 radical (unpaired) electrons. The van der Waals surface area contributed by atoms with Crippen molar-refractivity contribution in [3.8, 4) is 5.75 Å². The van der Waals surface area contributed by atoms with E-state index >= 15 is 0 Å². The smallest absolute Gasteiger partial charge is 0.246 e. The van der Waals surface area contributed by atoms with E-state index in [1.807, 2.05) is 0 Å². The predicted octanol–water partition coefficient (Wildman–Crippen LogP) is 0.0866. The first kappa shape index (κ1) is 16.1. The van der Waals surface area contributed by atoms with Crippen molar-refractivity contribution in [1.82, 2.24) is 4.31 Å². The van der Waals surface area contributed by atoms with Crippen LogP contribution in [-0.4, -0.2) is 52.8 Å². The predicted molar refractivity (Wildman–Crippen MR) is 79.4 cm³/mol. The lowest BCUT2D eigenvalue weighted by Gasteiger charge is -2.21. The van der Waals surface area contributed by atoms with E-state index in [1.165, 1.54) is 23.5 Å². The van der Waals surface area contributed by atoms with E-state index < -0.39 is 19.9 Å². The summed E-state index contributed by atoms with van der Waals surface area (Å²) in [5.41, 5.74) is 5.95. The molecule has 21 heavy (non-hydrogen) atoms. The Morgan fingerprint density at radius 2 is 1.95 bits per heavy atom. The fourth-order valence-electron chi connectivity index (χ4n) is 2.19. The maximum absolute atomic E-state index is 12.7. The molecule has 0 amide bonds. The number of anilines is 1. The lowest BCUT2D eigenvalue weighted by atomic mass is 10.3. The average molecular weight is 334 g/mol. The van der Waals surface area contributed by atoms with Gasteiger partial charge in [0.15, 0.2) is 9.84 Å². The van der Waals surface area contributed by atoms with Crippen molar-refractivity contribution >= 4 is 25.5 Å². The van der Waals surface area contributed by atoms with Gasteiger partial charge in [0, 0.05) is 18.8 Å². The van der Waals surface area contributed by atoms with E-state index in [9.17, 15) is 16.8 Å². The molecule has 1 saturated heterocycles. The summed E-state index contributed by atoms with van der Waals surface area (Å²) in [6.07, 6.45) is 0.284. The highest BCUT2D eigenvalue weighted by Gasteiger charge is 2.31. The highest BCUT2D eigenvalue weighted by molar-refractivity contribution is 7.91. The van der Waals surface area contributed by atoms with E-state index in [1.54, 1.807) is 6.07 Å². The molecule has 1 heterocycles. The zero-order valence-corrected chi connectivity index (χ0v) is 13.3. The quantitative estimate of drug-likeness (QED) is 0.785. The normalized spacial score (nSPS) is 19.9. The van der Waals surface area contributed by atoms with Gasteiger partial charge in [0.25, 0.3) is 0 Å². The Kier molecular flexibility index (Phi) is 4.45. The monoisotopic (exact) mass is 334 g/mol. The second-order valence-corrected chi connectivity index (χ2v) is 9.03. The summed E-state index contributed by atoms with van der Waals surface area (Å²) < 4.78 is 54.8. The van der Waals surface area contributed by atoms with Crippen molar-refractivity contribution in [2.24, 2.45) is 0 Å². The Morgan fingerprint density at radius 3 is 2.62 bits per heavy atom. The van der Waals surface area contributed by atoms with Crippen LogP contribution in [0.2, 0.25) is 0 Å². The Hall–Kier alpha value is -1.32. The van der Waals surface area contributed by atoms with Gasteiger partial charge in [-0.2, -0.15) is 4.31 Å². The topological polar surface area (TPSA) is 107 Å². The number of hydrogen-bond donors (Lipinski definition) is 1. The number of nitrogens with two attached hydrogens (primary N) is 1. The van der Waals surface area contributed by atoms with E-state index in [0.717, 1.165) is 0 Å². The lowest BCUT2D eigenvalue weighted by Crippen LogP contribution is -2.34. The van der Waals surface area contributed by atoms with Crippen molar-refractivity contribution in [3.05, 3.63) is 18.2 Å². The molecule has 2 N–H and O–H groups in total. The first-order chi connectivity index (χ1) is 9.76. The number of rotatable bonds is 3. The molecule has 1 fully saturated rings. The molecule has 7 nitrogen and oxygen atoms in total. The van der Waals surface area contributed by atoms with Crippen LogP contribution in [-0.2, 0) is 19.9 Å². The Morgan fingerprint density at radius 1 is 1.24 bits per heavy atom. The minimum Gasteiger partial charge on any atom is -0.495 e. The number of hydrogen-bond acceptors (Lipinski definition) is 6. The molecule has 0 aromatic heterocycles. The molecular weight excluding hydrogens is 316 g/mol. The maximum Gasteiger partial charge on any atom is 0.246 e. The summed E-state index contributed by atoms with van der Waals surface area (Å²) in [6.45, 7) is 0.113. The standard InChI is InChI=1S/C12H18N2O5S2/c1-19-11-4-3-10(13)9-12(11)21(17,18)14-5-2-7-20(15,16)8-6-14/h3-4,9H,2,5-8,13H2,1H3. The summed E-state index contributed by atoms with van der Waals surface area (Å²) in [5.74, 6) is 0.0283. The number of nitrogen functional groups attached to an aromatic ring is 1. The van der Waals surface area contributed by atoms with Crippen molar-refractivity contribution < 1.29 is 21.6 Å². The van der Waals surface area contributed by atoms with Crippen LogP contribution in [0.15, 0.2) is 23.1 Å². The molecule has 0 bridgehead atoms. The second-order valence-electron chi connectivity index (χ2n) is 4.82. The van der Waals surface area contributed by atoms with Crippen LogP contribution >= 0.6 is 0 Å². The first-order valence-electron chi connectivity index (χ1n) is 6.40. The van der Waals surface area contributed by atoms with Gasteiger partial charge in [0.1, 0.15) is 10.6 Å². The number of sulfone groups is 1. The van der Waals surface area contributed by atoms with Crippen LogP contribution in [0, 0.1) is 0 Å². The highest BCUT2D eigenvalue weighted by Crippen LogP contribution is 2.29. The number of ether oxygens (including phenoxy) is 1. The Bertz CT molecular complexity index is 728. The van der Waals surface area contributed by atoms with Gasteiger partial charge < -0.3 is 10.5 Å². The SMILES string of the molecule is COc1ccc(N)cc1S(=O)(=O)N1CCCS(=O)(=O)CC1. The molecule has 1 aliphatic rings. The molecule has 0 aliphatic carbocycles. The van der Waals surface area contributed by atoms with E-state index in [4.69, 9.17) is 10.5 Å². The van der Waals surface area contributed by atoms with E-state index in [-0.39, 0.29) is 41.7 Å². The van der Waals surface area contributed by atoms with Gasteiger partial charge in [-0.3, -0.25) is 0 Å². The van der Waals surface area contributed by atoms with Gasteiger partial charge in [0.05, 0.1) is 18.6 Å². The summed E-state index contributed by atoms with van der Waals surface area (Å²) in [4.78, 5) is -0.0377. The van der Waals surface area contributed by atoms with Crippen LogP contribution in [0.25, 0.3) is 0 Å². The van der Waals surface area contributed by atoms with E-state index in [0.29, 0.717) is 5.69 Å². The molecule has 1 aromatic rings. The van der Waals surface area contributed by atoms with Crippen LogP contribution in [0.1, 0.15) is 6.42 Å². The molecule has 0 atom stereocenters. The first-order valence-corrected chi connectivity index (χ1v) is 9.66. The van der Waals surface area contributed by atoms with Gasteiger partial charge in [-0.15, -0.1) is 0 Å². The van der Waals surface area contributed by atoms with Gasteiger partial charge in [-0.25, -0.2) is 16.8 Å². The molecule has 1 aliphatic heterocycles. The number of benzene rings is 1. The van der Waals surface area contributed by atoms with Gasteiger partial charge in [0.2, 0.25) is 10.0 Å². The zero-order chi connectivity index (χ0) is 15.7. The molecule has 9 heteroatoms. The summed E-state index contributed by atoms with van der Waals surface area (Å²) in [7, 11) is -5.64. The second kappa shape index (κ2) is 5.82. The summed E-state index contributed by atoms with van der Waals surface area (Å²) in [5, 5.41) is 0. The number of methoxy groups -OCH3 is 1. The Labute approximate surface area is 124 Å². The molecule has 0 spiro atoms. The number of nitrogens with zero attached hydrogens (tertiary/aromatic N) is 1. The Balaban J connectivity index is 2.40. The summed E-state index contributed by atoms with van der Waals surface area (Å²) in [6, 6.07) is 4.36. The molecule has 118 valence electrons. The fourth-order valence-corrected chi connectivity index (χ4v) is 5.25. The van der Waals surface area contributed by atoms with Gasteiger partial charge >= 0.3 is 0 Å². The van der Waals surface area contributed by atoms with Crippen LogP contribution < -0.4 is 10.5 Å². The zero-order valence-electron chi connectivity index (χ0n) is 11.6. The number of sulfonamides is 1. The third-order valence-electron chi connectivity index (χ3n) is 3.32. The minimum absolute atomic E-state index is 0.00703. The third kappa shape index (κ3) is 3.47. The lowest BCUT2D eigenvalue weighted by molar-refractivity contribution is 0.394. The maximum atomic E-state index is 12.7. The molecule has 0 saturated carbocycles. The third-order valence-corrected chi connectivity index (χ3v) is 6.96. The van der Waals surface area contributed by atoms with Crippen LogP contribution in [0.5, 0.6) is 5.75 Å². The molecule has 1 aromatic carbocycles. The molecular formula is C12H18N2O5S2. The van der Waals surface area contributed by atoms with Gasteiger partial charge in [-0.05, 0) is 24.6 Å². The minimum atomic E-state index is -3.84. The average Bonchev–Trinajstić information content (AvgIpc) is 2.60. The van der Waals surface area contributed by atoms with Crippen molar-refractivity contribution in [2.45, 2.75) is 11.3 Å². The largest absolute Gasteiger partial charge is 0.495 e. The van der Waals surface area contributed by atoms with Crippen molar-refractivity contribution in [1.29, 1.82) is 0 Å². The van der Waals surface area contributed by atoms with Crippen LogP contribution in [0.3, 0.4) is 0 Å². The molecule has 2 rings (SSSR count). The van der Waals surface area contributed by atoms with Gasteiger partial charge in [-0.1, -0.05) is 0 Å². The van der Waals surface area contributed by atoms with Crippen molar-refractivity contribution in [2.75, 3.05) is 37.4 Å². The van der Waals surface area contributed by atoms with E-state index in [2.05, 4.69) is 0 Å². The summed E-state index contributed by atoms with van der Waals surface area (Å²) >= 11 is 0. The highest BCUT2D eigenvalue weighted by atomic mass is 32.2. The molecule has 0 unspecified atom stereocenters. The van der Waals surface area contributed by atoms with Crippen molar-refractivity contribution in [3.63, 3.8) is 0 Å². The van der Waals surface area contributed by atoms with Crippen LogP contribution in [0.4, 0.5) is 5.69 Å². The fraction of sp³-hybridized carbons (Fsp3) is 0.500.